The van der Waals surface area contributed by atoms with E-state index in [1.54, 1.807) is 17.5 Å². The van der Waals surface area contributed by atoms with E-state index in [-0.39, 0.29) is 0 Å². The molecule has 0 aliphatic carbocycles. The molecule has 0 radical (unpaired) electrons. The van der Waals surface area contributed by atoms with Crippen molar-refractivity contribution in [3.63, 3.8) is 0 Å². The van der Waals surface area contributed by atoms with Crippen molar-refractivity contribution in [2.45, 2.75) is 0 Å². The molecule has 0 aliphatic heterocycles. The van der Waals surface area contributed by atoms with Crippen LogP contribution >= 0.6 is 35.2 Å². The highest BCUT2D eigenvalue weighted by atomic mass is 35.5. The molecule has 0 bridgehead atoms. The third kappa shape index (κ3) is 2.22. The number of hydrogen-bond acceptors (Lipinski definition) is 4. The molecule has 0 spiro atoms. The summed E-state index contributed by atoms with van der Waals surface area (Å²) < 4.78 is 0.437. The number of aromatic nitrogens is 4. The van der Waals surface area contributed by atoms with Gasteiger partial charge in [0, 0.05) is 16.8 Å². The van der Waals surface area contributed by atoms with E-state index in [4.69, 9.17) is 23.8 Å². The lowest BCUT2D eigenvalue weighted by molar-refractivity contribution is 1.08. The molecular weight excluding hydrogens is 288 g/mol. The molecule has 7 heteroatoms. The minimum absolute atomic E-state index is 0.437. The van der Waals surface area contributed by atoms with Crippen LogP contribution < -0.4 is 0 Å². The molecule has 4 nitrogen and oxygen atoms in total. The molecule has 0 amide bonds. The largest absolute Gasteiger partial charge is 0.281 e. The van der Waals surface area contributed by atoms with E-state index in [0.717, 1.165) is 15.4 Å². The van der Waals surface area contributed by atoms with Gasteiger partial charge in [0.25, 0.3) is 0 Å². The lowest BCUT2D eigenvalue weighted by Gasteiger charge is -1.95. The van der Waals surface area contributed by atoms with Gasteiger partial charge in [0.15, 0.2) is 5.82 Å². The normalized spacial score (nSPS) is 10.7. The maximum absolute atomic E-state index is 5.86. The smallest absolute Gasteiger partial charge is 0.213 e. The van der Waals surface area contributed by atoms with E-state index < -0.39 is 0 Å². The quantitative estimate of drug-likeness (QED) is 0.705. The van der Waals surface area contributed by atoms with E-state index in [1.807, 2.05) is 24.3 Å². The summed E-state index contributed by atoms with van der Waals surface area (Å²) in [7, 11) is 0. The van der Waals surface area contributed by atoms with Gasteiger partial charge in [-0.05, 0) is 24.4 Å². The monoisotopic (exact) mass is 294 g/mol. The van der Waals surface area contributed by atoms with Crippen LogP contribution in [0.2, 0.25) is 5.02 Å². The molecule has 3 aromatic rings. The van der Waals surface area contributed by atoms with E-state index in [2.05, 4.69) is 20.2 Å². The Bertz CT molecular complexity index is 726. The molecule has 90 valence electrons. The van der Waals surface area contributed by atoms with Crippen molar-refractivity contribution in [3.05, 3.63) is 40.3 Å². The topological polar surface area (TPSA) is 57.4 Å². The van der Waals surface area contributed by atoms with Gasteiger partial charge in [0.1, 0.15) is 5.01 Å². The number of rotatable bonds is 2. The first-order valence-electron chi connectivity index (χ1n) is 5.09. The molecule has 1 aromatic carbocycles. The summed E-state index contributed by atoms with van der Waals surface area (Å²) in [4.78, 5) is 9.46. The van der Waals surface area contributed by atoms with Crippen molar-refractivity contribution in [2.75, 3.05) is 0 Å². The summed E-state index contributed by atoms with van der Waals surface area (Å²) in [6.07, 6.45) is 1.77. The zero-order valence-electron chi connectivity index (χ0n) is 8.98. The predicted molar refractivity (Wildman–Crippen MR) is 75.3 cm³/mol. The van der Waals surface area contributed by atoms with Crippen LogP contribution in [0, 0.1) is 4.77 Å². The Balaban J connectivity index is 1.98. The summed E-state index contributed by atoms with van der Waals surface area (Å²) in [5, 5.41) is 7.30. The van der Waals surface area contributed by atoms with Gasteiger partial charge in [-0.2, -0.15) is 4.98 Å². The van der Waals surface area contributed by atoms with Gasteiger partial charge in [0.05, 0.1) is 4.88 Å². The average Bonchev–Trinajstić information content (AvgIpc) is 2.98. The van der Waals surface area contributed by atoms with Gasteiger partial charge >= 0.3 is 0 Å². The van der Waals surface area contributed by atoms with Gasteiger partial charge in [-0.3, -0.25) is 10.2 Å². The summed E-state index contributed by atoms with van der Waals surface area (Å²) in [6.45, 7) is 0. The second-order valence-corrected chi connectivity index (χ2v) is 5.41. The molecule has 2 N–H and O–H groups in total. The highest BCUT2D eigenvalue weighted by Crippen LogP contribution is 2.30. The number of aromatic amines is 2. The Morgan fingerprint density at radius 2 is 1.94 bits per heavy atom. The Kier molecular flexibility index (Phi) is 2.99. The van der Waals surface area contributed by atoms with Crippen LogP contribution in [0.3, 0.4) is 0 Å². The molecule has 3 rings (SSSR count). The van der Waals surface area contributed by atoms with Gasteiger partial charge in [-0.25, -0.2) is 4.98 Å². The van der Waals surface area contributed by atoms with Crippen LogP contribution in [0.25, 0.3) is 21.3 Å². The SMILES string of the molecule is S=c1nc(-c2cnc(-c3ccc(Cl)cc3)s2)[nH][nH]1. The van der Waals surface area contributed by atoms with Crippen molar-refractivity contribution in [3.8, 4) is 21.3 Å². The summed E-state index contributed by atoms with van der Waals surface area (Å²) >= 11 is 12.3. The zero-order chi connectivity index (χ0) is 12.5. The molecule has 0 unspecified atom stereocenters. The fraction of sp³-hybridized carbons (Fsp3) is 0. The van der Waals surface area contributed by atoms with E-state index >= 15 is 0 Å². The minimum atomic E-state index is 0.437. The van der Waals surface area contributed by atoms with Crippen molar-refractivity contribution in [1.82, 2.24) is 20.2 Å². The number of hydrogen-bond donors (Lipinski definition) is 2. The second-order valence-electron chi connectivity index (χ2n) is 3.55. The highest BCUT2D eigenvalue weighted by molar-refractivity contribution is 7.71. The molecule has 2 heterocycles. The lowest BCUT2D eigenvalue weighted by Crippen LogP contribution is -1.73. The second kappa shape index (κ2) is 4.64. The number of H-pyrrole nitrogens is 2. The number of halogens is 1. The van der Waals surface area contributed by atoms with Crippen molar-refractivity contribution in [2.24, 2.45) is 0 Å². The molecule has 0 saturated carbocycles. The van der Waals surface area contributed by atoms with E-state index in [1.165, 1.54) is 0 Å². The number of benzene rings is 1. The summed E-state index contributed by atoms with van der Waals surface area (Å²) in [5.41, 5.74) is 1.03. The Morgan fingerprint density at radius 3 is 2.61 bits per heavy atom. The van der Waals surface area contributed by atoms with E-state index in [9.17, 15) is 0 Å². The number of thiazole rings is 1. The molecule has 18 heavy (non-hydrogen) atoms. The molecular formula is C11H7ClN4S2. The Hall–Kier alpha value is -1.50. The summed E-state index contributed by atoms with van der Waals surface area (Å²) in [6, 6.07) is 7.58. The van der Waals surface area contributed by atoms with Gasteiger partial charge in [0.2, 0.25) is 4.77 Å². The fourth-order valence-electron chi connectivity index (χ4n) is 1.50. The molecule has 0 aliphatic rings. The minimum Gasteiger partial charge on any atom is -0.281 e. The first kappa shape index (κ1) is 11.6. The molecule has 0 saturated heterocycles. The van der Waals surface area contributed by atoms with E-state index in [0.29, 0.717) is 15.6 Å². The standard InChI is InChI=1S/C11H7ClN4S2/c12-7-3-1-6(2-4-7)10-13-5-8(18-10)9-14-11(17)16-15-9/h1-5H,(H2,14,15,16,17). The maximum Gasteiger partial charge on any atom is 0.213 e. The molecule has 0 atom stereocenters. The highest BCUT2D eigenvalue weighted by Gasteiger charge is 2.08. The fourth-order valence-corrected chi connectivity index (χ4v) is 2.63. The van der Waals surface area contributed by atoms with Crippen LogP contribution in [0.4, 0.5) is 0 Å². The first-order valence-corrected chi connectivity index (χ1v) is 6.69. The molecule has 0 fully saturated rings. The van der Waals surface area contributed by atoms with Crippen LogP contribution in [0.1, 0.15) is 0 Å². The third-order valence-electron chi connectivity index (χ3n) is 2.33. The van der Waals surface area contributed by atoms with Crippen molar-refractivity contribution < 1.29 is 0 Å². The van der Waals surface area contributed by atoms with Crippen LogP contribution in [-0.2, 0) is 0 Å². The predicted octanol–water partition coefficient (Wildman–Crippen LogP) is 3.91. The average molecular weight is 295 g/mol. The van der Waals surface area contributed by atoms with Gasteiger partial charge in [-0.15, -0.1) is 11.3 Å². The van der Waals surface area contributed by atoms with Crippen LogP contribution in [-0.4, -0.2) is 20.2 Å². The number of nitrogens with one attached hydrogen (secondary N) is 2. The molecule has 2 aromatic heterocycles. The Labute approximate surface area is 117 Å². The zero-order valence-corrected chi connectivity index (χ0v) is 11.4. The third-order valence-corrected chi connectivity index (χ3v) is 3.83. The Morgan fingerprint density at radius 1 is 1.17 bits per heavy atom. The van der Waals surface area contributed by atoms with Gasteiger partial charge in [-0.1, -0.05) is 23.7 Å². The van der Waals surface area contributed by atoms with Gasteiger partial charge < -0.3 is 0 Å². The first-order chi connectivity index (χ1) is 8.72. The van der Waals surface area contributed by atoms with Crippen LogP contribution in [0.15, 0.2) is 30.5 Å². The van der Waals surface area contributed by atoms with Crippen LogP contribution in [0.5, 0.6) is 0 Å². The van der Waals surface area contributed by atoms with Crippen molar-refractivity contribution >= 4 is 35.2 Å². The maximum atomic E-state index is 5.86. The van der Waals surface area contributed by atoms with Crippen molar-refractivity contribution in [1.29, 1.82) is 0 Å². The lowest BCUT2D eigenvalue weighted by atomic mass is 10.2. The summed E-state index contributed by atoms with van der Waals surface area (Å²) in [5.74, 6) is 0.706. The number of nitrogens with zero attached hydrogens (tertiary/aromatic N) is 2.